The predicted octanol–water partition coefficient (Wildman–Crippen LogP) is 2.46. The van der Waals surface area contributed by atoms with Crippen LogP contribution in [0.25, 0.3) is 0 Å². The molecule has 0 spiro atoms. The molecule has 1 aliphatic rings. The monoisotopic (exact) mass is 182 g/mol. The molecule has 0 saturated heterocycles. The maximum Gasteiger partial charge on any atom is 0.0804 e. The van der Waals surface area contributed by atoms with Crippen molar-refractivity contribution >= 4 is 24.6 Å². The summed E-state index contributed by atoms with van der Waals surface area (Å²) in [7, 11) is 0. The molecule has 0 bridgehead atoms. The van der Waals surface area contributed by atoms with E-state index in [9.17, 15) is 0 Å². The van der Waals surface area contributed by atoms with Crippen LogP contribution in [0.5, 0.6) is 0 Å². The highest BCUT2D eigenvalue weighted by Gasteiger charge is 2.11. The summed E-state index contributed by atoms with van der Waals surface area (Å²) in [6.45, 7) is 1.87. The second-order valence-electron chi connectivity index (χ2n) is 2.88. The van der Waals surface area contributed by atoms with Crippen molar-refractivity contribution in [2.24, 2.45) is 4.99 Å². The second-order valence-corrected chi connectivity index (χ2v) is 3.54. The predicted molar refractivity (Wildman–Crippen MR) is 56.6 cm³/mol. The van der Waals surface area contributed by atoms with Crippen molar-refractivity contribution < 1.29 is 0 Å². The summed E-state index contributed by atoms with van der Waals surface area (Å²) < 4.78 is 0. The van der Waals surface area contributed by atoms with Crippen LogP contribution in [0.4, 0.5) is 0 Å². The minimum Gasteiger partial charge on any atom is -0.303 e. The topological polar surface area (TPSA) is 36.2 Å². The molecular weight excluding hydrogens is 168 g/mol. The first-order chi connectivity index (χ1) is 5.74. The summed E-state index contributed by atoms with van der Waals surface area (Å²) >= 11 is 4.38. The molecule has 2 nitrogen and oxygen atoms in total. The van der Waals surface area contributed by atoms with Gasteiger partial charge in [0, 0.05) is 11.5 Å². The summed E-state index contributed by atoms with van der Waals surface area (Å²) in [5.41, 5.74) is 1.44. The van der Waals surface area contributed by atoms with Gasteiger partial charge >= 0.3 is 0 Å². The number of aliphatic imine (C=N–C) groups is 1. The number of rotatable bonds is 1. The Labute approximate surface area is 78.7 Å². The average molecular weight is 182 g/mol. The summed E-state index contributed by atoms with van der Waals surface area (Å²) in [6.07, 6.45) is 6.63. The van der Waals surface area contributed by atoms with Crippen LogP contribution in [0.15, 0.2) is 16.8 Å². The summed E-state index contributed by atoms with van der Waals surface area (Å²) in [5, 5.41) is 7.93. The SMILES string of the molecule is CC=NC1=CC(S)CCCC1=N. The lowest BCUT2D eigenvalue weighted by molar-refractivity contribution is 0.801. The van der Waals surface area contributed by atoms with Crippen molar-refractivity contribution in [2.45, 2.75) is 31.4 Å². The molecule has 1 N–H and O–H groups in total. The quantitative estimate of drug-likeness (QED) is 0.462. The highest BCUT2D eigenvalue weighted by Crippen LogP contribution is 2.18. The van der Waals surface area contributed by atoms with Gasteiger partial charge in [0.15, 0.2) is 0 Å². The highest BCUT2D eigenvalue weighted by molar-refractivity contribution is 7.81. The lowest BCUT2D eigenvalue weighted by Crippen LogP contribution is -1.97. The van der Waals surface area contributed by atoms with E-state index in [4.69, 9.17) is 5.41 Å². The van der Waals surface area contributed by atoms with Crippen LogP contribution in [0.2, 0.25) is 0 Å². The van der Waals surface area contributed by atoms with E-state index in [0.29, 0.717) is 5.71 Å². The van der Waals surface area contributed by atoms with Gasteiger partial charge in [-0.05, 0) is 32.3 Å². The smallest absolute Gasteiger partial charge is 0.0804 e. The molecule has 1 aliphatic carbocycles. The minimum absolute atomic E-state index is 0.270. The van der Waals surface area contributed by atoms with Crippen molar-refractivity contribution in [2.75, 3.05) is 0 Å². The molecule has 0 aliphatic heterocycles. The normalized spacial score (nSPS) is 25.7. The van der Waals surface area contributed by atoms with Gasteiger partial charge in [0.25, 0.3) is 0 Å². The fourth-order valence-corrected chi connectivity index (χ4v) is 1.57. The van der Waals surface area contributed by atoms with Gasteiger partial charge in [0.05, 0.1) is 11.4 Å². The lowest BCUT2D eigenvalue weighted by Gasteiger charge is -1.99. The van der Waals surface area contributed by atoms with Gasteiger partial charge in [0.1, 0.15) is 0 Å². The van der Waals surface area contributed by atoms with Crippen LogP contribution in [0, 0.1) is 5.41 Å². The number of allylic oxidation sites excluding steroid dienone is 1. The van der Waals surface area contributed by atoms with Gasteiger partial charge in [-0.25, -0.2) is 0 Å². The Morgan fingerprint density at radius 1 is 1.75 bits per heavy atom. The molecule has 1 rings (SSSR count). The van der Waals surface area contributed by atoms with Gasteiger partial charge in [-0.15, -0.1) is 0 Å². The zero-order valence-electron chi connectivity index (χ0n) is 7.25. The molecule has 1 unspecified atom stereocenters. The van der Waals surface area contributed by atoms with Crippen LogP contribution in [-0.2, 0) is 0 Å². The standard InChI is InChI=1S/C9H14N2S/c1-2-11-9-6-7(12)4-3-5-8(9)10/h2,6-7,10,12H,3-5H2,1H3. The zero-order valence-corrected chi connectivity index (χ0v) is 8.14. The summed E-state index contributed by atoms with van der Waals surface area (Å²) in [6, 6.07) is 0. The maximum atomic E-state index is 7.66. The Morgan fingerprint density at radius 2 is 2.50 bits per heavy atom. The molecule has 66 valence electrons. The van der Waals surface area contributed by atoms with E-state index in [1.165, 1.54) is 0 Å². The Bertz CT molecular complexity index is 231. The van der Waals surface area contributed by atoms with Crippen molar-refractivity contribution in [1.29, 1.82) is 5.41 Å². The molecule has 0 aromatic carbocycles. The van der Waals surface area contributed by atoms with Crippen LogP contribution in [-0.4, -0.2) is 17.2 Å². The zero-order chi connectivity index (χ0) is 8.97. The van der Waals surface area contributed by atoms with E-state index < -0.39 is 0 Å². The van der Waals surface area contributed by atoms with Gasteiger partial charge < -0.3 is 5.41 Å². The van der Waals surface area contributed by atoms with Gasteiger partial charge in [-0.2, -0.15) is 12.6 Å². The molecular formula is C9H14N2S. The number of nitrogens with zero attached hydrogens (tertiary/aromatic N) is 1. The fraction of sp³-hybridized carbons (Fsp3) is 0.556. The van der Waals surface area contributed by atoms with E-state index in [0.717, 1.165) is 25.0 Å². The molecule has 0 heterocycles. The van der Waals surface area contributed by atoms with Crippen LogP contribution < -0.4 is 0 Å². The molecule has 0 radical (unpaired) electrons. The van der Waals surface area contributed by atoms with E-state index in [1.54, 1.807) is 6.21 Å². The average Bonchev–Trinajstić information content (AvgIpc) is 2.16. The number of hydrogen-bond acceptors (Lipinski definition) is 3. The molecule has 0 saturated carbocycles. The number of nitrogens with one attached hydrogen (secondary N) is 1. The van der Waals surface area contributed by atoms with Crippen molar-refractivity contribution in [3.05, 3.63) is 11.8 Å². The lowest BCUT2D eigenvalue weighted by atomic mass is 10.2. The molecule has 12 heavy (non-hydrogen) atoms. The largest absolute Gasteiger partial charge is 0.303 e. The van der Waals surface area contributed by atoms with Crippen molar-refractivity contribution in [3.63, 3.8) is 0 Å². The summed E-state index contributed by atoms with van der Waals surface area (Å²) in [4.78, 5) is 4.14. The van der Waals surface area contributed by atoms with Crippen molar-refractivity contribution in [3.8, 4) is 0 Å². The van der Waals surface area contributed by atoms with Crippen LogP contribution in [0.1, 0.15) is 26.2 Å². The van der Waals surface area contributed by atoms with E-state index in [2.05, 4.69) is 17.6 Å². The van der Waals surface area contributed by atoms with Crippen molar-refractivity contribution in [1.82, 2.24) is 0 Å². The molecule has 0 fully saturated rings. The third-order valence-corrected chi connectivity index (χ3v) is 2.26. The van der Waals surface area contributed by atoms with Gasteiger partial charge in [-0.1, -0.05) is 0 Å². The fourth-order valence-electron chi connectivity index (χ4n) is 1.24. The number of hydrogen-bond donors (Lipinski definition) is 2. The molecule has 0 amide bonds. The first-order valence-electron chi connectivity index (χ1n) is 4.20. The molecule has 1 atom stereocenters. The highest BCUT2D eigenvalue weighted by atomic mass is 32.1. The molecule has 0 aromatic rings. The molecule has 3 heteroatoms. The first-order valence-corrected chi connectivity index (χ1v) is 4.72. The van der Waals surface area contributed by atoms with E-state index in [-0.39, 0.29) is 5.25 Å². The third-order valence-electron chi connectivity index (χ3n) is 1.85. The minimum atomic E-state index is 0.270. The Balaban J connectivity index is 2.81. The summed E-state index contributed by atoms with van der Waals surface area (Å²) in [5.74, 6) is 0. The Hall–Kier alpha value is -0.570. The van der Waals surface area contributed by atoms with Gasteiger partial charge in [0.2, 0.25) is 0 Å². The first kappa shape index (κ1) is 9.52. The third kappa shape index (κ3) is 2.48. The van der Waals surface area contributed by atoms with E-state index >= 15 is 0 Å². The van der Waals surface area contributed by atoms with Crippen LogP contribution >= 0.6 is 12.6 Å². The Morgan fingerprint density at radius 3 is 3.17 bits per heavy atom. The number of thiol groups is 1. The Kier molecular flexibility index (Phi) is 3.53. The van der Waals surface area contributed by atoms with Crippen LogP contribution in [0.3, 0.4) is 0 Å². The van der Waals surface area contributed by atoms with Gasteiger partial charge in [-0.3, -0.25) is 4.99 Å². The molecule has 0 aromatic heterocycles. The second kappa shape index (κ2) is 4.45. The van der Waals surface area contributed by atoms with E-state index in [1.807, 2.05) is 13.0 Å². The maximum absolute atomic E-state index is 7.66.